The molecule has 3 nitrogen and oxygen atoms in total. The van der Waals surface area contributed by atoms with Crippen molar-refractivity contribution in [1.82, 2.24) is 0 Å². The lowest BCUT2D eigenvalue weighted by Crippen LogP contribution is -2.31. The number of aliphatic hydroxyl groups excluding tert-OH is 1. The summed E-state index contributed by atoms with van der Waals surface area (Å²) in [6.45, 7) is 1.49. The van der Waals surface area contributed by atoms with E-state index in [2.05, 4.69) is 15.9 Å². The lowest BCUT2D eigenvalue weighted by atomic mass is 10.3. The average Bonchev–Trinajstić information content (AvgIpc) is 1.64. The van der Waals surface area contributed by atoms with Gasteiger partial charge in [-0.1, -0.05) is 15.9 Å². The molecular weight excluding hydrogens is 174 g/mol. The number of hydrogen-bond donors (Lipinski definition) is 2. The SMILES string of the molecule is C[C@@H](O)[C@@H](Br)C(N)=O. The first-order valence-electron chi connectivity index (χ1n) is 2.17. The minimum Gasteiger partial charge on any atom is -0.392 e. The maximum Gasteiger partial charge on any atom is 0.233 e. The predicted molar refractivity (Wildman–Crippen MR) is 33.6 cm³/mol. The van der Waals surface area contributed by atoms with Crippen molar-refractivity contribution in [1.29, 1.82) is 0 Å². The van der Waals surface area contributed by atoms with Gasteiger partial charge in [0.05, 0.1) is 6.10 Å². The minimum atomic E-state index is -0.715. The topological polar surface area (TPSA) is 63.3 Å². The predicted octanol–water partition coefficient (Wildman–Crippen LogP) is -0.384. The zero-order valence-electron chi connectivity index (χ0n) is 4.47. The summed E-state index contributed by atoms with van der Waals surface area (Å²) in [6, 6.07) is 0. The first-order valence-corrected chi connectivity index (χ1v) is 3.08. The lowest BCUT2D eigenvalue weighted by molar-refractivity contribution is -0.118. The van der Waals surface area contributed by atoms with Gasteiger partial charge in [0.15, 0.2) is 0 Å². The number of nitrogens with two attached hydrogens (primary N) is 1. The molecule has 0 radical (unpaired) electrons. The second kappa shape index (κ2) is 3.04. The Morgan fingerprint density at radius 3 is 2.25 bits per heavy atom. The third-order valence-electron chi connectivity index (χ3n) is 0.695. The van der Waals surface area contributed by atoms with E-state index in [0.717, 1.165) is 0 Å². The fourth-order valence-corrected chi connectivity index (χ4v) is 0.238. The van der Waals surface area contributed by atoms with Crippen molar-refractivity contribution >= 4 is 21.8 Å². The molecule has 0 aromatic rings. The van der Waals surface area contributed by atoms with Crippen molar-refractivity contribution in [3.8, 4) is 0 Å². The van der Waals surface area contributed by atoms with Crippen molar-refractivity contribution in [3.05, 3.63) is 0 Å². The fourth-order valence-electron chi connectivity index (χ4n) is 0.238. The summed E-state index contributed by atoms with van der Waals surface area (Å²) in [4.78, 5) is 9.53. The van der Waals surface area contributed by atoms with Crippen LogP contribution in [0, 0.1) is 0 Å². The van der Waals surface area contributed by atoms with E-state index in [9.17, 15) is 4.79 Å². The van der Waals surface area contributed by atoms with Gasteiger partial charge in [-0.15, -0.1) is 0 Å². The van der Waals surface area contributed by atoms with Crippen LogP contribution in [0.15, 0.2) is 0 Å². The molecule has 0 saturated carbocycles. The number of primary amides is 1. The number of aliphatic hydroxyl groups is 1. The number of rotatable bonds is 2. The van der Waals surface area contributed by atoms with Gasteiger partial charge in [0.1, 0.15) is 4.83 Å². The van der Waals surface area contributed by atoms with E-state index >= 15 is 0 Å². The smallest absolute Gasteiger partial charge is 0.233 e. The van der Waals surface area contributed by atoms with E-state index < -0.39 is 16.8 Å². The molecule has 0 rings (SSSR count). The van der Waals surface area contributed by atoms with Crippen LogP contribution in [0.25, 0.3) is 0 Å². The number of halogens is 1. The molecule has 4 heteroatoms. The molecular formula is C4H8BrNO2. The number of alkyl halides is 1. The van der Waals surface area contributed by atoms with Gasteiger partial charge in [-0.2, -0.15) is 0 Å². The summed E-state index contributed by atoms with van der Waals surface area (Å²) in [6.07, 6.45) is -0.715. The maximum absolute atomic E-state index is 10.2. The highest BCUT2D eigenvalue weighted by molar-refractivity contribution is 9.10. The summed E-state index contributed by atoms with van der Waals surface area (Å²) in [5.41, 5.74) is 4.79. The van der Waals surface area contributed by atoms with Gasteiger partial charge < -0.3 is 10.8 Å². The molecule has 0 aromatic carbocycles. The summed E-state index contributed by atoms with van der Waals surface area (Å²) in [5.74, 6) is -0.542. The van der Waals surface area contributed by atoms with Crippen molar-refractivity contribution in [2.45, 2.75) is 17.9 Å². The van der Waals surface area contributed by atoms with Crippen LogP contribution >= 0.6 is 15.9 Å². The Labute approximate surface area is 56.0 Å². The minimum absolute atomic E-state index is 0.542. The summed E-state index contributed by atoms with van der Waals surface area (Å²) in [7, 11) is 0. The first-order chi connectivity index (χ1) is 3.55. The third-order valence-corrected chi connectivity index (χ3v) is 1.91. The molecule has 0 fully saturated rings. The highest BCUT2D eigenvalue weighted by Crippen LogP contribution is 2.02. The van der Waals surface area contributed by atoms with Crippen LogP contribution < -0.4 is 5.73 Å². The van der Waals surface area contributed by atoms with E-state index in [-0.39, 0.29) is 0 Å². The Kier molecular flexibility index (Phi) is 3.01. The van der Waals surface area contributed by atoms with Crippen LogP contribution in [-0.2, 0) is 4.79 Å². The molecule has 0 aromatic heterocycles. The van der Waals surface area contributed by atoms with Gasteiger partial charge in [-0.05, 0) is 6.92 Å². The standard InChI is InChI=1S/C4H8BrNO2/c1-2(7)3(5)4(6)8/h2-3,7H,1H3,(H2,6,8)/t2-,3-/m1/s1. The van der Waals surface area contributed by atoms with Crippen LogP contribution in [-0.4, -0.2) is 21.9 Å². The number of carbonyl (C=O) groups excluding carboxylic acids is 1. The number of hydrogen-bond acceptors (Lipinski definition) is 2. The molecule has 48 valence electrons. The van der Waals surface area contributed by atoms with Crippen LogP contribution in [0.1, 0.15) is 6.92 Å². The van der Waals surface area contributed by atoms with Gasteiger partial charge in [-0.25, -0.2) is 0 Å². The van der Waals surface area contributed by atoms with Crippen molar-refractivity contribution in [2.75, 3.05) is 0 Å². The lowest BCUT2D eigenvalue weighted by Gasteiger charge is -2.06. The average molecular weight is 182 g/mol. The summed E-state index contributed by atoms with van der Waals surface area (Å²) >= 11 is 2.88. The van der Waals surface area contributed by atoms with Crippen LogP contribution in [0.3, 0.4) is 0 Å². The van der Waals surface area contributed by atoms with Crippen molar-refractivity contribution in [3.63, 3.8) is 0 Å². The molecule has 3 N–H and O–H groups in total. The summed E-state index contributed by atoms with van der Waals surface area (Å²) in [5, 5.41) is 8.64. The van der Waals surface area contributed by atoms with E-state index in [1.54, 1.807) is 0 Å². The molecule has 0 saturated heterocycles. The second-order valence-corrected chi connectivity index (χ2v) is 2.53. The van der Waals surface area contributed by atoms with Gasteiger partial charge >= 0.3 is 0 Å². The Hall–Kier alpha value is -0.0900. The van der Waals surface area contributed by atoms with E-state index in [1.807, 2.05) is 0 Å². The molecule has 0 unspecified atom stereocenters. The van der Waals surface area contributed by atoms with Crippen LogP contribution in [0.4, 0.5) is 0 Å². The summed E-state index contributed by atoms with van der Waals surface area (Å²) < 4.78 is 0. The molecule has 0 spiro atoms. The normalized spacial score (nSPS) is 17.4. The molecule has 8 heavy (non-hydrogen) atoms. The largest absolute Gasteiger partial charge is 0.392 e. The first kappa shape index (κ1) is 7.91. The number of carbonyl (C=O) groups is 1. The Balaban J connectivity index is 3.64. The van der Waals surface area contributed by atoms with E-state index in [1.165, 1.54) is 6.92 Å². The zero-order valence-corrected chi connectivity index (χ0v) is 6.05. The highest BCUT2D eigenvalue weighted by atomic mass is 79.9. The zero-order chi connectivity index (χ0) is 6.73. The quantitative estimate of drug-likeness (QED) is 0.571. The maximum atomic E-state index is 10.2. The second-order valence-electron chi connectivity index (χ2n) is 1.54. The van der Waals surface area contributed by atoms with Gasteiger partial charge in [0.25, 0.3) is 0 Å². The monoisotopic (exact) mass is 181 g/mol. The van der Waals surface area contributed by atoms with E-state index in [4.69, 9.17) is 10.8 Å². The molecule has 0 heterocycles. The van der Waals surface area contributed by atoms with Gasteiger partial charge in [-0.3, -0.25) is 4.79 Å². The molecule has 2 atom stereocenters. The Morgan fingerprint density at radius 2 is 2.25 bits per heavy atom. The van der Waals surface area contributed by atoms with E-state index in [0.29, 0.717) is 0 Å². The number of amides is 1. The molecule has 0 bridgehead atoms. The van der Waals surface area contributed by atoms with Gasteiger partial charge in [0, 0.05) is 0 Å². The van der Waals surface area contributed by atoms with Crippen LogP contribution in [0.5, 0.6) is 0 Å². The third kappa shape index (κ3) is 2.28. The Morgan fingerprint density at radius 1 is 1.88 bits per heavy atom. The van der Waals surface area contributed by atoms with Crippen molar-refractivity contribution < 1.29 is 9.90 Å². The van der Waals surface area contributed by atoms with Crippen molar-refractivity contribution in [2.24, 2.45) is 5.73 Å². The molecule has 0 aliphatic carbocycles. The van der Waals surface area contributed by atoms with Gasteiger partial charge in [0.2, 0.25) is 5.91 Å². The molecule has 0 aliphatic heterocycles. The molecule has 0 aliphatic rings. The highest BCUT2D eigenvalue weighted by Gasteiger charge is 2.15. The molecule has 1 amide bonds. The fraction of sp³-hybridized carbons (Fsp3) is 0.750. The Bertz CT molecular complexity index is 94.0. The van der Waals surface area contributed by atoms with Crippen LogP contribution in [0.2, 0.25) is 0 Å².